The third kappa shape index (κ3) is 3.44. The Hall–Kier alpha value is -1.16. The number of hydrogen-bond donors (Lipinski definition) is 2. The monoisotopic (exact) mass is 341 g/mol. The van der Waals surface area contributed by atoms with Gasteiger partial charge in [0.25, 0.3) is 0 Å². The van der Waals surface area contributed by atoms with E-state index >= 15 is 0 Å². The molecule has 2 N–H and O–H groups in total. The summed E-state index contributed by atoms with van der Waals surface area (Å²) in [6, 6.07) is 5.08. The summed E-state index contributed by atoms with van der Waals surface area (Å²) < 4.78 is 6.41. The van der Waals surface area contributed by atoms with Crippen LogP contribution >= 0.6 is 27.7 Å². The molecule has 2 atom stereocenters. The number of nitrogens with one attached hydrogen (secondary N) is 1. The molecule has 2 unspecified atom stereocenters. The number of benzene rings is 1. The van der Waals surface area contributed by atoms with Gasteiger partial charge in [-0.15, -0.1) is 18.2 Å². The third-order valence-electron chi connectivity index (χ3n) is 2.65. The molecule has 0 spiro atoms. The summed E-state index contributed by atoms with van der Waals surface area (Å²) in [7, 11) is 0. The highest BCUT2D eigenvalue weighted by Gasteiger charge is 2.31. The van der Waals surface area contributed by atoms with Crippen LogP contribution in [-0.4, -0.2) is 29.5 Å². The van der Waals surface area contributed by atoms with Gasteiger partial charge in [0, 0.05) is 15.8 Å². The first kappa shape index (κ1) is 14.3. The van der Waals surface area contributed by atoms with Gasteiger partial charge in [0.1, 0.15) is 18.4 Å². The Bertz CT molecular complexity index is 529. The summed E-state index contributed by atoms with van der Waals surface area (Å²) in [5.74, 6) is 2.79. The lowest BCUT2D eigenvalue weighted by molar-refractivity contribution is -0.138. The number of rotatable bonds is 4. The number of hydrogen-bond acceptors (Lipinski definition) is 4. The zero-order valence-corrected chi connectivity index (χ0v) is 12.3. The van der Waals surface area contributed by atoms with Crippen LogP contribution in [-0.2, 0) is 4.79 Å². The van der Waals surface area contributed by atoms with E-state index < -0.39 is 12.0 Å². The lowest BCUT2D eigenvalue weighted by atomic mass is 10.2. The minimum absolute atomic E-state index is 0.105. The second kappa shape index (κ2) is 6.33. The Kier molecular flexibility index (Phi) is 4.75. The molecule has 1 fully saturated rings. The van der Waals surface area contributed by atoms with E-state index in [-0.39, 0.29) is 12.0 Å². The van der Waals surface area contributed by atoms with Crippen molar-refractivity contribution in [3.63, 3.8) is 0 Å². The van der Waals surface area contributed by atoms with E-state index in [1.807, 2.05) is 18.2 Å². The largest absolute Gasteiger partial charge is 0.481 e. The van der Waals surface area contributed by atoms with Crippen molar-refractivity contribution in [1.29, 1.82) is 0 Å². The maximum atomic E-state index is 11.0. The van der Waals surface area contributed by atoms with Crippen molar-refractivity contribution in [3.8, 4) is 18.1 Å². The van der Waals surface area contributed by atoms with Gasteiger partial charge in [0.05, 0.1) is 5.37 Å². The van der Waals surface area contributed by atoms with Crippen LogP contribution in [0, 0.1) is 12.3 Å². The number of aliphatic carboxylic acids is 1. The van der Waals surface area contributed by atoms with Gasteiger partial charge in [-0.05, 0) is 18.2 Å². The lowest BCUT2D eigenvalue weighted by Crippen LogP contribution is -2.33. The maximum Gasteiger partial charge on any atom is 0.321 e. The van der Waals surface area contributed by atoms with Crippen LogP contribution in [0.15, 0.2) is 22.7 Å². The van der Waals surface area contributed by atoms with E-state index in [9.17, 15) is 4.79 Å². The second-order valence-corrected chi connectivity index (χ2v) is 6.00. The molecule has 0 aliphatic carbocycles. The van der Waals surface area contributed by atoms with Gasteiger partial charge < -0.3 is 9.84 Å². The Balaban J connectivity index is 2.21. The first-order valence-corrected chi connectivity index (χ1v) is 7.42. The molecule has 0 amide bonds. The Morgan fingerprint density at radius 1 is 1.68 bits per heavy atom. The van der Waals surface area contributed by atoms with Crippen molar-refractivity contribution in [3.05, 3.63) is 28.2 Å². The molecule has 1 aromatic carbocycles. The summed E-state index contributed by atoms with van der Waals surface area (Å²) in [6.07, 6.45) is 5.19. The quantitative estimate of drug-likeness (QED) is 0.822. The Labute approximate surface area is 124 Å². The molecule has 1 saturated heterocycles. The summed E-state index contributed by atoms with van der Waals surface area (Å²) in [6.45, 7) is 0.189. The number of halogens is 1. The van der Waals surface area contributed by atoms with Crippen LogP contribution in [0.25, 0.3) is 0 Å². The fraction of sp³-hybridized carbons (Fsp3) is 0.308. The van der Waals surface area contributed by atoms with Crippen LogP contribution < -0.4 is 10.1 Å². The average Bonchev–Trinajstić information content (AvgIpc) is 2.87. The zero-order chi connectivity index (χ0) is 13.8. The van der Waals surface area contributed by atoms with Crippen LogP contribution in [0.1, 0.15) is 10.9 Å². The van der Waals surface area contributed by atoms with Gasteiger partial charge in [-0.1, -0.05) is 21.9 Å². The molecule has 19 heavy (non-hydrogen) atoms. The standard InChI is InChI=1S/C13H12BrNO3S/c1-2-5-18-11-4-3-8(14)6-9(11)12-15-10(7-19-12)13(16)17/h1,3-4,6,10,12,15H,5,7H2,(H,16,17). The highest BCUT2D eigenvalue weighted by molar-refractivity contribution is 9.10. The zero-order valence-electron chi connectivity index (χ0n) is 9.93. The first-order valence-electron chi connectivity index (χ1n) is 5.58. The highest BCUT2D eigenvalue weighted by atomic mass is 79.9. The topological polar surface area (TPSA) is 58.6 Å². The molecule has 0 saturated carbocycles. The van der Waals surface area contributed by atoms with E-state index in [1.54, 1.807) is 11.8 Å². The number of ether oxygens (including phenoxy) is 1. The average molecular weight is 342 g/mol. The molecule has 2 rings (SSSR count). The number of thioether (sulfide) groups is 1. The van der Waals surface area contributed by atoms with Crippen molar-refractivity contribution in [1.82, 2.24) is 5.32 Å². The van der Waals surface area contributed by atoms with Crippen molar-refractivity contribution in [2.75, 3.05) is 12.4 Å². The highest BCUT2D eigenvalue weighted by Crippen LogP contribution is 2.39. The maximum absolute atomic E-state index is 11.0. The number of terminal acetylenes is 1. The SMILES string of the molecule is C#CCOc1ccc(Br)cc1C1NC(C(=O)O)CS1. The summed E-state index contributed by atoms with van der Waals surface area (Å²) >= 11 is 4.95. The molecule has 1 heterocycles. The van der Waals surface area contributed by atoms with Crippen LogP contribution in [0.2, 0.25) is 0 Å². The number of carbonyl (C=O) groups is 1. The van der Waals surface area contributed by atoms with Crippen molar-refractivity contribution < 1.29 is 14.6 Å². The molecule has 0 aromatic heterocycles. The molecule has 6 heteroatoms. The molecular weight excluding hydrogens is 330 g/mol. The van der Waals surface area contributed by atoms with Gasteiger partial charge in [-0.3, -0.25) is 10.1 Å². The van der Waals surface area contributed by atoms with Crippen molar-refractivity contribution in [2.45, 2.75) is 11.4 Å². The molecule has 0 radical (unpaired) electrons. The van der Waals surface area contributed by atoms with E-state index in [1.165, 1.54) is 0 Å². The predicted molar refractivity (Wildman–Crippen MR) is 78.2 cm³/mol. The second-order valence-electron chi connectivity index (χ2n) is 3.95. The minimum Gasteiger partial charge on any atom is -0.481 e. The fourth-order valence-corrected chi connectivity index (χ4v) is 3.40. The molecule has 0 bridgehead atoms. The van der Waals surface area contributed by atoms with Gasteiger partial charge in [-0.2, -0.15) is 0 Å². The number of carboxylic acid groups (broad SMARTS) is 1. The molecule has 4 nitrogen and oxygen atoms in total. The van der Waals surface area contributed by atoms with Crippen molar-refractivity contribution in [2.24, 2.45) is 0 Å². The molecule has 1 aromatic rings. The smallest absolute Gasteiger partial charge is 0.321 e. The summed E-state index contributed by atoms with van der Waals surface area (Å²) in [5.41, 5.74) is 0.901. The van der Waals surface area contributed by atoms with Gasteiger partial charge in [0.15, 0.2) is 0 Å². The first-order chi connectivity index (χ1) is 9.11. The molecule has 1 aliphatic heterocycles. The van der Waals surface area contributed by atoms with E-state index in [4.69, 9.17) is 16.3 Å². The number of carboxylic acids is 1. The van der Waals surface area contributed by atoms with Crippen LogP contribution in [0.3, 0.4) is 0 Å². The van der Waals surface area contributed by atoms with E-state index in [2.05, 4.69) is 27.2 Å². The lowest BCUT2D eigenvalue weighted by Gasteiger charge is -2.16. The van der Waals surface area contributed by atoms with Gasteiger partial charge in [0.2, 0.25) is 0 Å². The third-order valence-corrected chi connectivity index (χ3v) is 4.39. The summed E-state index contributed by atoms with van der Waals surface area (Å²) in [4.78, 5) is 11.0. The molecular formula is C13H12BrNO3S. The predicted octanol–water partition coefficient (Wildman–Crippen LogP) is 2.25. The van der Waals surface area contributed by atoms with E-state index in [0.717, 1.165) is 10.0 Å². The van der Waals surface area contributed by atoms with Crippen LogP contribution in [0.4, 0.5) is 0 Å². The Morgan fingerprint density at radius 2 is 2.47 bits per heavy atom. The van der Waals surface area contributed by atoms with Crippen LogP contribution in [0.5, 0.6) is 5.75 Å². The Morgan fingerprint density at radius 3 is 3.11 bits per heavy atom. The van der Waals surface area contributed by atoms with Crippen molar-refractivity contribution >= 4 is 33.7 Å². The minimum atomic E-state index is -0.837. The molecule has 100 valence electrons. The van der Waals surface area contributed by atoms with Gasteiger partial charge in [-0.25, -0.2) is 0 Å². The van der Waals surface area contributed by atoms with Gasteiger partial charge >= 0.3 is 5.97 Å². The fourth-order valence-electron chi connectivity index (χ4n) is 1.77. The van der Waals surface area contributed by atoms with E-state index in [0.29, 0.717) is 11.5 Å². The normalized spacial score (nSPS) is 21.9. The summed E-state index contributed by atoms with van der Waals surface area (Å²) in [5, 5.41) is 12.0. The molecule has 1 aliphatic rings.